The van der Waals surface area contributed by atoms with E-state index >= 15 is 0 Å². The van der Waals surface area contributed by atoms with Gasteiger partial charge in [-0.25, -0.2) is 0 Å². The first-order valence-electron chi connectivity index (χ1n) is 17.0. The molecular formula is C46H36BrNO3. The monoisotopic (exact) mass is 729 g/mol. The standard InChI is InChI=1S/C21H14O.C20H13Br.C5H9NO2/c22-14-20-16-10-4-6-12-18(16)21(15-8-2-1-3-9-15)19-13-7-5-11-17(19)20;21-20-17-12-6-4-10-15(17)19(14-8-2-1-3-9-14)16-11-5-7-13-18(16)20;7-5-6-1-3-8-4-2-6/h1-14H;1-13H;5H,1-4H2. The number of ether oxygens (including phenoxy) is 1. The zero-order valence-corrected chi connectivity index (χ0v) is 29.6. The van der Waals surface area contributed by atoms with Crippen LogP contribution in [-0.2, 0) is 9.53 Å². The molecule has 0 aliphatic carbocycles. The van der Waals surface area contributed by atoms with Gasteiger partial charge in [-0.05, 0) is 81.3 Å². The molecule has 9 rings (SSSR count). The molecule has 1 amide bonds. The molecule has 8 aromatic rings. The lowest BCUT2D eigenvalue weighted by Crippen LogP contribution is -2.34. The Labute approximate surface area is 306 Å². The maximum Gasteiger partial charge on any atom is 0.209 e. The van der Waals surface area contributed by atoms with Crippen molar-refractivity contribution in [3.63, 3.8) is 0 Å². The average Bonchev–Trinajstić information content (AvgIpc) is 3.21. The smallest absolute Gasteiger partial charge is 0.209 e. The molecule has 5 heteroatoms. The van der Waals surface area contributed by atoms with E-state index in [9.17, 15) is 9.59 Å². The number of rotatable bonds is 4. The van der Waals surface area contributed by atoms with Gasteiger partial charge in [0.2, 0.25) is 6.41 Å². The van der Waals surface area contributed by atoms with Crippen LogP contribution in [-0.4, -0.2) is 43.9 Å². The third-order valence-electron chi connectivity index (χ3n) is 9.28. The number of nitrogens with zero attached hydrogens (tertiary/aromatic N) is 1. The number of halogens is 1. The highest BCUT2D eigenvalue weighted by Gasteiger charge is 2.15. The Balaban J connectivity index is 0.000000132. The van der Waals surface area contributed by atoms with Crippen molar-refractivity contribution in [2.45, 2.75) is 0 Å². The number of benzene rings is 8. The first-order chi connectivity index (χ1) is 25.2. The molecule has 0 bridgehead atoms. The van der Waals surface area contributed by atoms with Crippen LogP contribution < -0.4 is 0 Å². The van der Waals surface area contributed by atoms with Crippen molar-refractivity contribution in [3.05, 3.63) is 168 Å². The van der Waals surface area contributed by atoms with E-state index in [0.717, 1.165) is 52.9 Å². The summed E-state index contributed by atoms with van der Waals surface area (Å²) in [6.07, 6.45) is 1.84. The second-order valence-electron chi connectivity index (χ2n) is 12.3. The molecule has 0 spiro atoms. The summed E-state index contributed by atoms with van der Waals surface area (Å²) in [5.41, 5.74) is 5.71. The molecule has 1 aliphatic rings. The molecule has 0 unspecified atom stereocenters. The number of carbonyl (C=O) groups excluding carboxylic acids is 2. The molecule has 0 saturated carbocycles. The highest BCUT2D eigenvalue weighted by Crippen LogP contribution is 2.41. The molecule has 1 fully saturated rings. The SMILES string of the molecule is Brc1c2ccccc2c(-c2ccccc2)c2ccccc12.O=CN1CCOCC1.O=Cc1c2ccccc2c(-c2ccccc2)c2ccccc12. The maximum absolute atomic E-state index is 11.7. The van der Waals surface area contributed by atoms with Crippen molar-refractivity contribution < 1.29 is 14.3 Å². The van der Waals surface area contributed by atoms with Gasteiger partial charge >= 0.3 is 0 Å². The van der Waals surface area contributed by atoms with Crippen LogP contribution in [0.5, 0.6) is 0 Å². The van der Waals surface area contributed by atoms with E-state index in [0.29, 0.717) is 13.2 Å². The van der Waals surface area contributed by atoms with Crippen LogP contribution in [0.25, 0.3) is 65.3 Å². The lowest BCUT2D eigenvalue weighted by molar-refractivity contribution is -0.121. The van der Waals surface area contributed by atoms with Gasteiger partial charge in [0.15, 0.2) is 6.29 Å². The summed E-state index contributed by atoms with van der Waals surface area (Å²) >= 11 is 3.79. The molecule has 51 heavy (non-hydrogen) atoms. The average molecular weight is 731 g/mol. The van der Waals surface area contributed by atoms with Crippen molar-refractivity contribution in [1.29, 1.82) is 0 Å². The highest BCUT2D eigenvalue weighted by atomic mass is 79.9. The van der Waals surface area contributed by atoms with Crippen molar-refractivity contribution >= 4 is 71.7 Å². The topological polar surface area (TPSA) is 46.6 Å². The van der Waals surface area contributed by atoms with Crippen molar-refractivity contribution in [2.75, 3.05) is 26.3 Å². The summed E-state index contributed by atoms with van der Waals surface area (Å²) in [7, 11) is 0. The number of aldehydes is 1. The lowest BCUT2D eigenvalue weighted by Gasteiger charge is -2.21. The molecule has 0 atom stereocenters. The Kier molecular flexibility index (Phi) is 10.6. The second kappa shape index (κ2) is 15.9. The molecule has 0 aromatic heterocycles. The minimum absolute atomic E-state index is 0.693. The van der Waals surface area contributed by atoms with E-state index in [1.165, 1.54) is 48.3 Å². The van der Waals surface area contributed by atoms with Crippen LogP contribution in [0.1, 0.15) is 10.4 Å². The van der Waals surface area contributed by atoms with Crippen LogP contribution in [0.15, 0.2) is 162 Å². The Morgan fingerprint density at radius 2 is 0.784 bits per heavy atom. The van der Waals surface area contributed by atoms with Crippen molar-refractivity contribution in [2.24, 2.45) is 0 Å². The molecule has 1 saturated heterocycles. The number of amides is 1. The zero-order valence-electron chi connectivity index (χ0n) is 28.0. The van der Waals surface area contributed by atoms with E-state index < -0.39 is 0 Å². The van der Waals surface area contributed by atoms with E-state index in [4.69, 9.17) is 4.74 Å². The number of carbonyl (C=O) groups is 2. The van der Waals surface area contributed by atoms with Gasteiger partial charge in [0, 0.05) is 23.1 Å². The predicted molar refractivity (Wildman–Crippen MR) is 215 cm³/mol. The molecule has 250 valence electrons. The maximum atomic E-state index is 11.7. The Hall–Kier alpha value is -5.62. The van der Waals surface area contributed by atoms with Gasteiger partial charge in [-0.2, -0.15) is 0 Å². The van der Waals surface area contributed by atoms with Crippen LogP contribution in [0.3, 0.4) is 0 Å². The van der Waals surface area contributed by atoms with Crippen LogP contribution in [0, 0.1) is 0 Å². The molecule has 1 aliphatic heterocycles. The number of morpholine rings is 1. The molecule has 4 nitrogen and oxygen atoms in total. The van der Waals surface area contributed by atoms with Gasteiger partial charge in [0.25, 0.3) is 0 Å². The lowest BCUT2D eigenvalue weighted by atomic mass is 9.89. The van der Waals surface area contributed by atoms with Crippen molar-refractivity contribution in [1.82, 2.24) is 4.90 Å². The van der Waals surface area contributed by atoms with Gasteiger partial charge in [-0.1, -0.05) is 158 Å². The fourth-order valence-corrected chi connectivity index (χ4v) is 7.57. The summed E-state index contributed by atoms with van der Waals surface area (Å²) in [4.78, 5) is 23.4. The summed E-state index contributed by atoms with van der Waals surface area (Å²) in [5.74, 6) is 0. The summed E-state index contributed by atoms with van der Waals surface area (Å²) in [5, 5.41) is 9.35. The van der Waals surface area contributed by atoms with E-state index in [1.54, 1.807) is 4.90 Å². The normalized spacial score (nSPS) is 12.5. The first kappa shape index (κ1) is 33.9. The fraction of sp³-hybridized carbons (Fsp3) is 0.0870. The van der Waals surface area contributed by atoms with E-state index in [-0.39, 0.29) is 0 Å². The summed E-state index contributed by atoms with van der Waals surface area (Å²) in [6.45, 7) is 2.89. The summed E-state index contributed by atoms with van der Waals surface area (Å²) < 4.78 is 6.18. The predicted octanol–water partition coefficient (Wildman–Crippen LogP) is 11.4. The van der Waals surface area contributed by atoms with Crippen LogP contribution in [0.2, 0.25) is 0 Å². The third-order valence-corrected chi connectivity index (χ3v) is 10.1. The molecule has 0 radical (unpaired) electrons. The van der Waals surface area contributed by atoms with E-state index in [1.807, 2.05) is 54.6 Å². The minimum atomic E-state index is 0.693. The Morgan fingerprint density at radius 1 is 0.451 bits per heavy atom. The third kappa shape index (κ3) is 7.04. The Bertz CT molecular complexity index is 2340. The van der Waals surface area contributed by atoms with Gasteiger partial charge in [0.1, 0.15) is 0 Å². The second-order valence-corrected chi connectivity index (χ2v) is 13.1. The van der Waals surface area contributed by atoms with Gasteiger partial charge in [0.05, 0.1) is 13.2 Å². The molecular weight excluding hydrogens is 694 g/mol. The number of hydrogen-bond donors (Lipinski definition) is 0. The highest BCUT2D eigenvalue weighted by molar-refractivity contribution is 9.10. The molecule has 1 heterocycles. The first-order valence-corrected chi connectivity index (χ1v) is 17.8. The van der Waals surface area contributed by atoms with Gasteiger partial charge in [-0.15, -0.1) is 0 Å². The Morgan fingerprint density at radius 3 is 1.14 bits per heavy atom. The fourth-order valence-electron chi connectivity index (χ4n) is 6.88. The van der Waals surface area contributed by atoms with Gasteiger partial charge < -0.3 is 9.64 Å². The number of hydrogen-bond acceptors (Lipinski definition) is 3. The van der Waals surface area contributed by atoms with Crippen LogP contribution in [0.4, 0.5) is 0 Å². The molecule has 0 N–H and O–H groups in total. The van der Waals surface area contributed by atoms with E-state index in [2.05, 4.69) is 119 Å². The number of fused-ring (bicyclic) bond motifs is 4. The summed E-state index contributed by atoms with van der Waals surface area (Å²) in [6, 6.07) is 54.4. The van der Waals surface area contributed by atoms with Crippen LogP contribution >= 0.6 is 15.9 Å². The van der Waals surface area contributed by atoms with Gasteiger partial charge in [-0.3, -0.25) is 9.59 Å². The van der Waals surface area contributed by atoms with Crippen molar-refractivity contribution in [3.8, 4) is 22.3 Å². The minimum Gasteiger partial charge on any atom is -0.378 e. The molecule has 8 aromatic carbocycles. The largest absolute Gasteiger partial charge is 0.378 e. The zero-order chi connectivity index (χ0) is 35.0. The quantitative estimate of drug-likeness (QED) is 0.134.